The van der Waals surface area contributed by atoms with Gasteiger partial charge in [0, 0.05) is 11.0 Å². The third-order valence-electron chi connectivity index (χ3n) is 3.77. The highest BCUT2D eigenvalue weighted by Gasteiger charge is 2.14. The van der Waals surface area contributed by atoms with Crippen LogP contribution in [0, 0.1) is 0 Å². The predicted molar refractivity (Wildman–Crippen MR) is 105 cm³/mol. The fourth-order valence-electron chi connectivity index (χ4n) is 2.43. The van der Waals surface area contributed by atoms with E-state index in [9.17, 15) is 13.2 Å². The molecule has 0 radical (unpaired) electrons. The molecule has 0 aromatic heterocycles. The zero-order valence-corrected chi connectivity index (χ0v) is 16.7. The molecule has 0 saturated carbocycles. The van der Waals surface area contributed by atoms with Crippen molar-refractivity contribution in [3.8, 4) is 0 Å². The van der Waals surface area contributed by atoms with E-state index in [1.54, 1.807) is 24.3 Å². The quantitative estimate of drug-likeness (QED) is 0.326. The van der Waals surface area contributed by atoms with Crippen LogP contribution in [-0.4, -0.2) is 36.6 Å². The molecule has 0 heterocycles. The van der Waals surface area contributed by atoms with E-state index in [0.717, 1.165) is 31.0 Å². The molecule has 0 aliphatic carbocycles. The zero-order valence-electron chi connectivity index (χ0n) is 14.3. The lowest BCUT2D eigenvalue weighted by Gasteiger charge is -2.11. The van der Waals surface area contributed by atoms with E-state index in [2.05, 4.69) is 20.7 Å². The van der Waals surface area contributed by atoms with Gasteiger partial charge in [-0.15, -0.1) is 0 Å². The molecule has 0 aliphatic rings. The number of unbranched alkanes of at least 4 members (excludes halogenated alkanes) is 5. The molecule has 1 aromatic carbocycles. The van der Waals surface area contributed by atoms with E-state index in [1.807, 2.05) is 0 Å². The van der Waals surface area contributed by atoms with Crippen molar-refractivity contribution in [1.82, 2.24) is 0 Å². The fourth-order valence-corrected chi connectivity index (χ4v) is 4.00. The molecular weight excluding hydrogens is 408 g/mol. The van der Waals surface area contributed by atoms with Gasteiger partial charge >= 0.3 is 5.97 Å². The Morgan fingerprint density at radius 2 is 1.80 bits per heavy atom. The number of carboxylic acids is 1. The molecule has 1 aromatic rings. The van der Waals surface area contributed by atoms with Crippen molar-refractivity contribution in [1.29, 1.82) is 0 Å². The number of carboxylic acid groups (broad SMARTS) is 1. The number of nitrogens with one attached hydrogen (secondary N) is 1. The summed E-state index contributed by atoms with van der Waals surface area (Å²) in [6, 6.07) is 5.68. The molecule has 1 atom stereocenters. The van der Waals surface area contributed by atoms with E-state index < -0.39 is 22.0 Å². The highest BCUT2D eigenvalue weighted by Crippen LogP contribution is 2.15. The van der Waals surface area contributed by atoms with Crippen LogP contribution in [0.3, 0.4) is 0 Å². The number of aliphatic carboxylic acids is 1. The van der Waals surface area contributed by atoms with Crippen LogP contribution in [0.15, 0.2) is 24.3 Å². The number of hydrogen-bond donors (Lipinski definition) is 3. The van der Waals surface area contributed by atoms with E-state index in [4.69, 9.17) is 10.8 Å². The first-order valence-corrected chi connectivity index (χ1v) is 11.3. The number of benzene rings is 1. The predicted octanol–water partition coefficient (Wildman–Crippen LogP) is 3.12. The largest absolute Gasteiger partial charge is 0.480 e. The van der Waals surface area contributed by atoms with Crippen molar-refractivity contribution in [2.75, 3.05) is 15.8 Å². The molecule has 6 nitrogen and oxygen atoms in total. The number of carbonyl (C=O) groups is 1. The van der Waals surface area contributed by atoms with Crippen molar-refractivity contribution >= 4 is 37.6 Å². The number of sulfonamides is 1. The van der Waals surface area contributed by atoms with Crippen LogP contribution >= 0.6 is 15.9 Å². The van der Waals surface area contributed by atoms with Crippen molar-refractivity contribution in [2.24, 2.45) is 5.73 Å². The van der Waals surface area contributed by atoms with Crippen LogP contribution in [0.2, 0.25) is 0 Å². The molecule has 0 aliphatic heterocycles. The Hall–Kier alpha value is -1.12. The number of anilines is 1. The first-order valence-electron chi connectivity index (χ1n) is 8.48. The van der Waals surface area contributed by atoms with Gasteiger partial charge in [-0.25, -0.2) is 8.42 Å². The Morgan fingerprint density at radius 3 is 2.44 bits per heavy atom. The molecule has 1 rings (SSSR count). The normalized spacial score (nSPS) is 12.7. The van der Waals surface area contributed by atoms with E-state index in [-0.39, 0.29) is 12.2 Å². The second-order valence-corrected chi connectivity index (χ2v) is 8.72. The van der Waals surface area contributed by atoms with E-state index in [0.29, 0.717) is 17.7 Å². The third kappa shape index (κ3) is 9.81. The van der Waals surface area contributed by atoms with Crippen molar-refractivity contribution in [2.45, 2.75) is 51.0 Å². The summed E-state index contributed by atoms with van der Waals surface area (Å²) in [7, 11) is -3.40. The third-order valence-corrected chi connectivity index (χ3v) is 5.70. The Morgan fingerprint density at radius 1 is 1.16 bits per heavy atom. The average molecular weight is 435 g/mol. The van der Waals surface area contributed by atoms with Crippen LogP contribution in [0.4, 0.5) is 5.69 Å². The summed E-state index contributed by atoms with van der Waals surface area (Å²) in [5.41, 5.74) is 6.63. The maximum atomic E-state index is 12.1. The Balaban J connectivity index is 2.44. The monoisotopic (exact) mass is 434 g/mol. The summed E-state index contributed by atoms with van der Waals surface area (Å²) in [5, 5.41) is 9.86. The molecule has 0 saturated heterocycles. The van der Waals surface area contributed by atoms with Crippen LogP contribution in [0.5, 0.6) is 0 Å². The summed E-state index contributed by atoms with van der Waals surface area (Å²) < 4.78 is 26.8. The summed E-state index contributed by atoms with van der Waals surface area (Å²) in [6.07, 6.45) is 6.18. The van der Waals surface area contributed by atoms with Crippen LogP contribution < -0.4 is 10.5 Å². The lowest BCUT2D eigenvalue weighted by molar-refractivity contribution is -0.138. The average Bonchev–Trinajstić information content (AvgIpc) is 2.53. The minimum atomic E-state index is -3.40. The number of rotatable bonds is 13. The maximum Gasteiger partial charge on any atom is 0.320 e. The van der Waals surface area contributed by atoms with Gasteiger partial charge in [0.05, 0.1) is 5.75 Å². The number of halogens is 1. The summed E-state index contributed by atoms with van der Waals surface area (Å²) in [5.74, 6) is -0.994. The van der Waals surface area contributed by atoms with Crippen LogP contribution in [0.25, 0.3) is 0 Å². The number of nitrogens with two attached hydrogens (primary N) is 1. The molecule has 0 amide bonds. The molecular formula is C17H27BrN2O4S. The molecule has 25 heavy (non-hydrogen) atoms. The van der Waals surface area contributed by atoms with E-state index >= 15 is 0 Å². The van der Waals surface area contributed by atoms with Crippen molar-refractivity contribution < 1.29 is 18.3 Å². The van der Waals surface area contributed by atoms with E-state index in [1.165, 1.54) is 6.42 Å². The maximum absolute atomic E-state index is 12.1. The smallest absolute Gasteiger partial charge is 0.320 e. The lowest BCUT2D eigenvalue weighted by atomic mass is 10.1. The summed E-state index contributed by atoms with van der Waals surface area (Å²) >= 11 is 3.39. The van der Waals surface area contributed by atoms with Gasteiger partial charge in [-0.3, -0.25) is 9.52 Å². The fraction of sp³-hybridized carbons (Fsp3) is 0.588. The van der Waals surface area contributed by atoms with Gasteiger partial charge in [-0.1, -0.05) is 53.7 Å². The van der Waals surface area contributed by atoms with Gasteiger partial charge in [-0.2, -0.15) is 0 Å². The standard InChI is InChI=1S/C17H27BrN2O4S/c18-10-5-3-1-2-4-6-11-25(23,24)20-15-9-7-8-14(12-15)13-16(19)17(21)22/h7-9,12,16,20H,1-6,10-11,13,19H2,(H,21,22)/t16-/m0/s1. The summed E-state index contributed by atoms with van der Waals surface area (Å²) in [4.78, 5) is 10.8. The minimum Gasteiger partial charge on any atom is -0.480 e. The number of alkyl halides is 1. The van der Waals surface area contributed by atoms with Crippen LogP contribution in [-0.2, 0) is 21.2 Å². The van der Waals surface area contributed by atoms with Gasteiger partial charge in [0.1, 0.15) is 6.04 Å². The molecule has 4 N–H and O–H groups in total. The second kappa shape index (κ2) is 11.5. The first kappa shape index (κ1) is 21.9. The molecule has 0 bridgehead atoms. The molecule has 142 valence electrons. The molecule has 0 unspecified atom stereocenters. The highest BCUT2D eigenvalue weighted by atomic mass is 79.9. The van der Waals surface area contributed by atoms with Gasteiger partial charge in [0.15, 0.2) is 0 Å². The minimum absolute atomic E-state index is 0.0876. The van der Waals surface area contributed by atoms with Crippen molar-refractivity contribution in [3.05, 3.63) is 29.8 Å². The number of hydrogen-bond acceptors (Lipinski definition) is 4. The Bertz CT molecular complexity index is 637. The highest BCUT2D eigenvalue weighted by molar-refractivity contribution is 9.09. The van der Waals surface area contributed by atoms with Gasteiger partial charge in [-0.05, 0) is 37.0 Å². The molecule has 8 heteroatoms. The zero-order chi connectivity index (χ0) is 18.7. The SMILES string of the molecule is N[C@@H](Cc1cccc(NS(=O)(=O)CCCCCCCCBr)c1)C(=O)O. The molecule has 0 spiro atoms. The first-order chi connectivity index (χ1) is 11.8. The molecule has 0 fully saturated rings. The van der Waals surface area contributed by atoms with Crippen molar-refractivity contribution in [3.63, 3.8) is 0 Å². The Labute approximate surface area is 158 Å². The van der Waals surface area contributed by atoms with Gasteiger partial charge < -0.3 is 10.8 Å². The Kier molecular flexibility index (Phi) is 10.1. The van der Waals surface area contributed by atoms with Crippen LogP contribution in [0.1, 0.15) is 44.1 Å². The summed E-state index contributed by atoms with van der Waals surface area (Å²) in [6.45, 7) is 0. The second-order valence-electron chi connectivity index (χ2n) is 6.08. The van der Waals surface area contributed by atoms with Gasteiger partial charge in [0.25, 0.3) is 0 Å². The topological polar surface area (TPSA) is 109 Å². The lowest BCUT2D eigenvalue weighted by Crippen LogP contribution is -2.32. The van der Waals surface area contributed by atoms with Gasteiger partial charge in [0.2, 0.25) is 10.0 Å².